The zero-order valence-corrected chi connectivity index (χ0v) is 15.3. The summed E-state index contributed by atoms with van der Waals surface area (Å²) in [7, 11) is -1.14. The molecule has 0 aliphatic carbocycles. The van der Waals surface area contributed by atoms with Crippen LogP contribution in [0.2, 0.25) is 5.02 Å². The van der Waals surface area contributed by atoms with Gasteiger partial charge in [-0.2, -0.15) is 5.10 Å². The summed E-state index contributed by atoms with van der Waals surface area (Å²) >= 11 is 6.03. The molecule has 0 saturated heterocycles. The monoisotopic (exact) mass is 407 g/mol. The predicted octanol–water partition coefficient (Wildman–Crippen LogP) is 3.82. The zero-order chi connectivity index (χ0) is 19.1. The van der Waals surface area contributed by atoms with E-state index < -0.39 is 33.9 Å². The number of hydrogen-bond donors (Lipinski definition) is 1. The van der Waals surface area contributed by atoms with E-state index in [0.717, 1.165) is 12.1 Å². The molecule has 1 aromatic heterocycles. The minimum absolute atomic E-state index is 0.200. The number of aromatic nitrogens is 2. The van der Waals surface area contributed by atoms with E-state index >= 15 is 0 Å². The van der Waals surface area contributed by atoms with Gasteiger partial charge in [0.1, 0.15) is 23.0 Å². The first-order valence-electron chi connectivity index (χ1n) is 7.91. The molecule has 2 aromatic carbocycles. The summed E-state index contributed by atoms with van der Waals surface area (Å²) in [6, 6.07) is 9.95. The number of carbonyl (C=O) groups is 1. The van der Waals surface area contributed by atoms with Crippen LogP contribution in [0.4, 0.5) is 14.6 Å². The van der Waals surface area contributed by atoms with Gasteiger partial charge in [0.25, 0.3) is 5.91 Å². The van der Waals surface area contributed by atoms with Crippen LogP contribution in [0.3, 0.4) is 0 Å². The molecule has 5 nitrogen and oxygen atoms in total. The van der Waals surface area contributed by atoms with Crippen molar-refractivity contribution in [3.05, 3.63) is 75.9 Å². The summed E-state index contributed by atoms with van der Waals surface area (Å²) in [4.78, 5) is 12.6. The Balaban J connectivity index is 1.80. The van der Waals surface area contributed by atoms with Crippen LogP contribution in [-0.4, -0.2) is 19.9 Å². The fraction of sp³-hybridized carbons (Fsp3) is 0.111. The lowest BCUT2D eigenvalue weighted by Crippen LogP contribution is -2.19. The lowest BCUT2D eigenvalue weighted by molar-refractivity contribution is 0.101. The van der Waals surface area contributed by atoms with Crippen LogP contribution < -0.4 is 5.32 Å². The van der Waals surface area contributed by atoms with Crippen molar-refractivity contribution < 1.29 is 17.8 Å². The van der Waals surface area contributed by atoms with Crippen LogP contribution >= 0.6 is 11.6 Å². The molecule has 3 aromatic rings. The van der Waals surface area contributed by atoms with Gasteiger partial charge >= 0.3 is 0 Å². The van der Waals surface area contributed by atoms with Crippen molar-refractivity contribution in [2.45, 2.75) is 11.5 Å². The van der Waals surface area contributed by atoms with Gasteiger partial charge in [-0.15, -0.1) is 0 Å². The number of hydrogen-bond acceptors (Lipinski definition) is 3. The minimum Gasteiger partial charge on any atom is -0.306 e. The van der Waals surface area contributed by atoms with E-state index in [1.165, 1.54) is 10.7 Å². The summed E-state index contributed by atoms with van der Waals surface area (Å²) in [5.74, 6) is -2.21. The van der Waals surface area contributed by atoms with Crippen LogP contribution in [0.5, 0.6) is 0 Å². The van der Waals surface area contributed by atoms with Gasteiger partial charge in [0.2, 0.25) is 0 Å². The fourth-order valence-electron chi connectivity index (χ4n) is 2.94. The first kappa shape index (κ1) is 17.8. The van der Waals surface area contributed by atoms with Crippen LogP contribution in [0.1, 0.15) is 21.6 Å². The van der Waals surface area contributed by atoms with E-state index in [-0.39, 0.29) is 17.3 Å². The Labute approximate surface area is 160 Å². The smallest absolute Gasteiger partial charge is 0.262 e. The van der Waals surface area contributed by atoms with Gasteiger partial charge in [0, 0.05) is 21.4 Å². The number of nitrogens with zero attached hydrogens (tertiary/aromatic N) is 2. The largest absolute Gasteiger partial charge is 0.306 e. The van der Waals surface area contributed by atoms with E-state index in [0.29, 0.717) is 22.0 Å². The van der Waals surface area contributed by atoms with Crippen LogP contribution in [0, 0.1) is 11.6 Å². The second-order valence-corrected chi connectivity index (χ2v) is 7.84. The summed E-state index contributed by atoms with van der Waals surface area (Å²) in [6.07, 6.45) is 0. The second kappa shape index (κ2) is 6.86. The van der Waals surface area contributed by atoms with Crippen molar-refractivity contribution in [3.8, 4) is 5.69 Å². The molecule has 1 atom stereocenters. The molecule has 0 fully saturated rings. The predicted molar refractivity (Wildman–Crippen MR) is 98.4 cm³/mol. The SMILES string of the molecule is O=C(Nc1c2c(nn1-c1cccc(Cl)c1)CS(=O)C2)c1c(F)cccc1F. The van der Waals surface area contributed by atoms with Gasteiger partial charge < -0.3 is 5.32 Å². The number of benzene rings is 2. The van der Waals surface area contributed by atoms with Crippen LogP contribution in [-0.2, 0) is 22.3 Å². The summed E-state index contributed by atoms with van der Waals surface area (Å²) < 4.78 is 41.2. The Bertz CT molecular complexity index is 1080. The van der Waals surface area contributed by atoms with Gasteiger partial charge in [-0.1, -0.05) is 23.7 Å². The number of halogens is 3. The third-order valence-corrected chi connectivity index (χ3v) is 5.59. The van der Waals surface area contributed by atoms with Crippen molar-refractivity contribution >= 4 is 34.1 Å². The van der Waals surface area contributed by atoms with Gasteiger partial charge in [-0.25, -0.2) is 13.5 Å². The summed E-state index contributed by atoms with van der Waals surface area (Å²) in [6.45, 7) is 0. The quantitative estimate of drug-likeness (QED) is 0.718. The first-order chi connectivity index (χ1) is 12.9. The third-order valence-electron chi connectivity index (χ3n) is 4.14. The Morgan fingerprint density at radius 3 is 2.56 bits per heavy atom. The third kappa shape index (κ3) is 3.26. The minimum atomic E-state index is -1.14. The standard InChI is InChI=1S/C18H12ClF2N3O2S/c19-10-3-1-4-11(7-10)24-17(12-8-27(26)9-15(12)23-24)22-18(25)16-13(20)5-2-6-14(16)21/h1-7H,8-9H2,(H,22,25). The maximum absolute atomic E-state index is 14.0. The van der Waals surface area contributed by atoms with E-state index in [4.69, 9.17) is 11.6 Å². The van der Waals surface area contributed by atoms with Gasteiger partial charge in [0.15, 0.2) is 0 Å². The molecule has 1 amide bonds. The lowest BCUT2D eigenvalue weighted by Gasteiger charge is -2.12. The highest BCUT2D eigenvalue weighted by molar-refractivity contribution is 7.83. The highest BCUT2D eigenvalue weighted by Crippen LogP contribution is 2.32. The molecule has 138 valence electrons. The molecule has 0 spiro atoms. The fourth-order valence-corrected chi connectivity index (χ4v) is 4.38. The highest BCUT2D eigenvalue weighted by Gasteiger charge is 2.29. The average molecular weight is 408 g/mol. The molecule has 27 heavy (non-hydrogen) atoms. The van der Waals surface area contributed by atoms with Crippen molar-refractivity contribution in [3.63, 3.8) is 0 Å². The summed E-state index contributed by atoms with van der Waals surface area (Å²) in [5.41, 5.74) is 1.02. The van der Waals surface area contributed by atoms with Crippen molar-refractivity contribution in [2.75, 3.05) is 5.32 Å². The van der Waals surface area contributed by atoms with Crippen molar-refractivity contribution in [1.82, 2.24) is 9.78 Å². The Morgan fingerprint density at radius 2 is 1.85 bits per heavy atom. The molecule has 1 aliphatic rings. The second-order valence-electron chi connectivity index (χ2n) is 5.94. The molecule has 1 aliphatic heterocycles. The average Bonchev–Trinajstić information content (AvgIpc) is 3.12. The van der Waals surface area contributed by atoms with Gasteiger partial charge in [0.05, 0.1) is 22.9 Å². The summed E-state index contributed by atoms with van der Waals surface area (Å²) in [5, 5.41) is 7.40. The Hall–Kier alpha value is -2.58. The highest BCUT2D eigenvalue weighted by atomic mass is 35.5. The maximum Gasteiger partial charge on any atom is 0.262 e. The molecular formula is C18H12ClF2N3O2S. The number of anilines is 1. The Morgan fingerprint density at radius 1 is 1.15 bits per heavy atom. The van der Waals surface area contributed by atoms with Crippen LogP contribution in [0.25, 0.3) is 5.69 Å². The Kier molecular flexibility index (Phi) is 4.53. The van der Waals surface area contributed by atoms with E-state index in [1.54, 1.807) is 24.3 Å². The van der Waals surface area contributed by atoms with Gasteiger partial charge in [-0.05, 0) is 30.3 Å². The van der Waals surface area contributed by atoms with Gasteiger partial charge in [-0.3, -0.25) is 9.00 Å². The van der Waals surface area contributed by atoms with E-state index in [2.05, 4.69) is 10.4 Å². The maximum atomic E-state index is 14.0. The molecule has 1 N–H and O–H groups in total. The first-order valence-corrected chi connectivity index (χ1v) is 9.77. The molecule has 0 radical (unpaired) electrons. The normalized spacial score (nSPS) is 15.6. The molecule has 2 heterocycles. The van der Waals surface area contributed by atoms with E-state index in [1.807, 2.05) is 0 Å². The molecular weight excluding hydrogens is 396 g/mol. The number of carbonyl (C=O) groups excluding carboxylic acids is 1. The number of rotatable bonds is 3. The molecule has 9 heteroatoms. The molecule has 0 bridgehead atoms. The zero-order valence-electron chi connectivity index (χ0n) is 13.7. The van der Waals surface area contributed by atoms with E-state index in [9.17, 15) is 17.8 Å². The van der Waals surface area contributed by atoms with Crippen LogP contribution in [0.15, 0.2) is 42.5 Å². The van der Waals surface area contributed by atoms with Crippen molar-refractivity contribution in [1.29, 1.82) is 0 Å². The molecule has 1 unspecified atom stereocenters. The topological polar surface area (TPSA) is 64.0 Å². The number of nitrogens with one attached hydrogen (secondary N) is 1. The number of amides is 1. The molecule has 4 rings (SSSR count). The molecule has 0 saturated carbocycles. The number of fused-ring (bicyclic) bond motifs is 1. The lowest BCUT2D eigenvalue weighted by atomic mass is 10.1. The van der Waals surface area contributed by atoms with Crippen molar-refractivity contribution in [2.24, 2.45) is 0 Å².